The minimum absolute atomic E-state index is 0.180. The van der Waals surface area contributed by atoms with Crippen molar-refractivity contribution < 1.29 is 9.90 Å². The second kappa shape index (κ2) is 5.89. The van der Waals surface area contributed by atoms with Crippen LogP contribution < -0.4 is 5.32 Å². The number of fused-ring (bicyclic) bond motifs is 1. The molecule has 5 nitrogen and oxygen atoms in total. The van der Waals surface area contributed by atoms with Crippen LogP contribution in [0.2, 0.25) is 0 Å². The summed E-state index contributed by atoms with van der Waals surface area (Å²) in [6.07, 6.45) is 6.01. The molecule has 0 spiro atoms. The lowest BCUT2D eigenvalue weighted by Crippen LogP contribution is -2.28. The van der Waals surface area contributed by atoms with E-state index in [2.05, 4.69) is 10.3 Å². The maximum absolute atomic E-state index is 12.4. The zero-order valence-electron chi connectivity index (χ0n) is 12.2. The number of benzene rings is 1. The van der Waals surface area contributed by atoms with Crippen molar-refractivity contribution in [2.24, 2.45) is 0 Å². The molecule has 0 aliphatic heterocycles. The van der Waals surface area contributed by atoms with Crippen molar-refractivity contribution in [3.05, 3.63) is 66.1 Å². The highest BCUT2D eigenvalue weighted by Crippen LogP contribution is 2.26. The Morgan fingerprint density at radius 1 is 1.32 bits per heavy atom. The van der Waals surface area contributed by atoms with Crippen molar-refractivity contribution in [3.8, 4) is 5.75 Å². The molecule has 5 heteroatoms. The number of hydrogen-bond donors (Lipinski definition) is 2. The molecule has 0 aliphatic carbocycles. The molecule has 112 valence electrons. The van der Waals surface area contributed by atoms with E-state index in [1.807, 2.05) is 29.7 Å². The van der Waals surface area contributed by atoms with E-state index in [0.717, 1.165) is 11.2 Å². The zero-order valence-corrected chi connectivity index (χ0v) is 12.2. The average Bonchev–Trinajstić information content (AvgIpc) is 3.00. The van der Waals surface area contributed by atoms with Gasteiger partial charge in [0.2, 0.25) is 0 Å². The molecule has 1 aromatic carbocycles. The highest BCUT2D eigenvalue weighted by Gasteiger charge is 2.17. The molecule has 0 radical (unpaired) electrons. The molecule has 0 fully saturated rings. The molecule has 1 atom stereocenters. The molecule has 0 aliphatic rings. The zero-order chi connectivity index (χ0) is 15.5. The van der Waals surface area contributed by atoms with E-state index in [1.165, 1.54) is 0 Å². The van der Waals surface area contributed by atoms with Crippen LogP contribution in [0, 0.1) is 0 Å². The Bertz CT molecular complexity index is 810. The van der Waals surface area contributed by atoms with Crippen LogP contribution in [0.1, 0.15) is 35.3 Å². The minimum atomic E-state index is -0.232. The number of para-hydroxylation sites is 1. The highest BCUT2D eigenvalue weighted by molar-refractivity contribution is 5.95. The summed E-state index contributed by atoms with van der Waals surface area (Å²) in [6.45, 7) is 1.97. The third kappa shape index (κ3) is 2.65. The van der Waals surface area contributed by atoms with Crippen LogP contribution in [0.25, 0.3) is 5.65 Å². The Labute approximate surface area is 128 Å². The number of hydrogen-bond acceptors (Lipinski definition) is 3. The SMILES string of the molecule is CCC(NC(=O)c1ccn2ccnc2c1)c1ccccc1O. The molecule has 0 saturated heterocycles. The summed E-state index contributed by atoms with van der Waals surface area (Å²) in [5, 5.41) is 12.9. The fourth-order valence-electron chi connectivity index (χ4n) is 2.47. The molecule has 0 saturated carbocycles. The number of imidazole rings is 1. The molecule has 2 N–H and O–H groups in total. The van der Waals surface area contributed by atoms with Gasteiger partial charge < -0.3 is 14.8 Å². The van der Waals surface area contributed by atoms with Gasteiger partial charge in [-0.1, -0.05) is 25.1 Å². The Morgan fingerprint density at radius 3 is 2.91 bits per heavy atom. The monoisotopic (exact) mass is 295 g/mol. The van der Waals surface area contributed by atoms with Crippen molar-refractivity contribution in [1.29, 1.82) is 0 Å². The van der Waals surface area contributed by atoms with Crippen LogP contribution in [0.3, 0.4) is 0 Å². The number of aromatic nitrogens is 2. The second-order valence-corrected chi connectivity index (χ2v) is 5.10. The number of carbonyl (C=O) groups is 1. The molecule has 2 heterocycles. The molecule has 3 aromatic rings. The summed E-state index contributed by atoms with van der Waals surface area (Å²) in [5.74, 6) is 0.0129. The molecule has 0 bridgehead atoms. The maximum Gasteiger partial charge on any atom is 0.251 e. The first-order valence-electron chi connectivity index (χ1n) is 7.20. The summed E-state index contributed by atoms with van der Waals surface area (Å²) in [7, 11) is 0. The lowest BCUT2D eigenvalue weighted by molar-refractivity contribution is 0.0935. The second-order valence-electron chi connectivity index (χ2n) is 5.10. The first-order valence-corrected chi connectivity index (χ1v) is 7.20. The largest absolute Gasteiger partial charge is 0.508 e. The third-order valence-corrected chi connectivity index (χ3v) is 3.69. The normalized spacial score (nSPS) is 12.2. The number of amides is 1. The van der Waals surface area contributed by atoms with E-state index in [-0.39, 0.29) is 17.7 Å². The predicted molar refractivity (Wildman–Crippen MR) is 83.8 cm³/mol. The van der Waals surface area contributed by atoms with E-state index >= 15 is 0 Å². The minimum Gasteiger partial charge on any atom is -0.508 e. The van der Waals surface area contributed by atoms with Gasteiger partial charge in [0.15, 0.2) is 0 Å². The van der Waals surface area contributed by atoms with Crippen LogP contribution >= 0.6 is 0 Å². The van der Waals surface area contributed by atoms with Gasteiger partial charge in [-0.2, -0.15) is 0 Å². The lowest BCUT2D eigenvalue weighted by Gasteiger charge is -2.18. The molecular weight excluding hydrogens is 278 g/mol. The standard InChI is InChI=1S/C17H17N3O2/c1-2-14(13-5-3-4-6-15(13)21)19-17(22)12-7-9-20-10-8-18-16(20)11-12/h3-11,14,21H,2H2,1H3,(H,19,22). The summed E-state index contributed by atoms with van der Waals surface area (Å²) in [6, 6.07) is 10.3. The maximum atomic E-state index is 12.4. The van der Waals surface area contributed by atoms with E-state index < -0.39 is 0 Å². The van der Waals surface area contributed by atoms with Crippen molar-refractivity contribution in [2.45, 2.75) is 19.4 Å². The summed E-state index contributed by atoms with van der Waals surface area (Å²) in [4.78, 5) is 16.6. The van der Waals surface area contributed by atoms with Crippen LogP contribution in [-0.4, -0.2) is 20.4 Å². The number of phenols is 1. The van der Waals surface area contributed by atoms with Crippen LogP contribution in [0.4, 0.5) is 0 Å². The van der Waals surface area contributed by atoms with Crippen molar-refractivity contribution in [2.75, 3.05) is 0 Å². The molecule has 22 heavy (non-hydrogen) atoms. The quantitative estimate of drug-likeness (QED) is 0.777. The van der Waals surface area contributed by atoms with Gasteiger partial charge in [-0.25, -0.2) is 4.98 Å². The highest BCUT2D eigenvalue weighted by atomic mass is 16.3. The van der Waals surface area contributed by atoms with Crippen LogP contribution in [0.15, 0.2) is 55.0 Å². The number of nitrogens with zero attached hydrogens (tertiary/aromatic N) is 2. The van der Waals surface area contributed by atoms with Gasteiger partial charge in [0.25, 0.3) is 5.91 Å². The van der Waals surface area contributed by atoms with Gasteiger partial charge >= 0.3 is 0 Å². The Balaban J connectivity index is 1.84. The Hall–Kier alpha value is -2.82. The topological polar surface area (TPSA) is 66.6 Å². The molecule has 2 aromatic heterocycles. The molecule has 3 rings (SSSR count). The van der Waals surface area contributed by atoms with Gasteiger partial charge in [0.1, 0.15) is 11.4 Å². The van der Waals surface area contributed by atoms with Crippen molar-refractivity contribution >= 4 is 11.6 Å². The van der Waals surface area contributed by atoms with Crippen molar-refractivity contribution in [1.82, 2.24) is 14.7 Å². The number of rotatable bonds is 4. The third-order valence-electron chi connectivity index (χ3n) is 3.69. The average molecular weight is 295 g/mol. The van der Waals surface area contributed by atoms with Gasteiger partial charge in [0.05, 0.1) is 6.04 Å². The van der Waals surface area contributed by atoms with Gasteiger partial charge in [-0.3, -0.25) is 4.79 Å². The number of phenolic OH excluding ortho intramolecular Hbond substituents is 1. The molecular formula is C17H17N3O2. The fraction of sp³-hybridized carbons (Fsp3) is 0.176. The number of pyridine rings is 1. The number of aromatic hydroxyl groups is 1. The molecule has 1 unspecified atom stereocenters. The van der Waals surface area contributed by atoms with E-state index in [1.54, 1.807) is 36.7 Å². The van der Waals surface area contributed by atoms with Gasteiger partial charge in [0, 0.05) is 29.7 Å². The van der Waals surface area contributed by atoms with Gasteiger partial charge in [-0.05, 0) is 24.6 Å². The lowest BCUT2D eigenvalue weighted by atomic mass is 10.0. The smallest absolute Gasteiger partial charge is 0.251 e. The van der Waals surface area contributed by atoms with Crippen molar-refractivity contribution in [3.63, 3.8) is 0 Å². The van der Waals surface area contributed by atoms with E-state index in [9.17, 15) is 9.90 Å². The van der Waals surface area contributed by atoms with Crippen LogP contribution in [-0.2, 0) is 0 Å². The van der Waals surface area contributed by atoms with Crippen LogP contribution in [0.5, 0.6) is 5.75 Å². The number of nitrogens with one attached hydrogen (secondary N) is 1. The first kappa shape index (κ1) is 14.1. The van der Waals surface area contributed by atoms with E-state index in [0.29, 0.717) is 12.0 Å². The summed E-state index contributed by atoms with van der Waals surface area (Å²) < 4.78 is 1.84. The van der Waals surface area contributed by atoms with E-state index in [4.69, 9.17) is 0 Å². The first-order chi connectivity index (χ1) is 10.7. The molecule has 1 amide bonds. The fourth-order valence-corrected chi connectivity index (χ4v) is 2.47. The summed E-state index contributed by atoms with van der Waals surface area (Å²) >= 11 is 0. The van der Waals surface area contributed by atoms with Gasteiger partial charge in [-0.15, -0.1) is 0 Å². The number of carbonyl (C=O) groups excluding carboxylic acids is 1. The Kier molecular flexibility index (Phi) is 3.78. The Morgan fingerprint density at radius 2 is 2.14 bits per heavy atom. The predicted octanol–water partition coefficient (Wildman–Crippen LogP) is 2.92. The summed E-state index contributed by atoms with van der Waals surface area (Å²) in [5.41, 5.74) is 2.00.